The maximum atomic E-state index is 11.4. The van der Waals surface area contributed by atoms with Gasteiger partial charge in [0.15, 0.2) is 0 Å². The summed E-state index contributed by atoms with van der Waals surface area (Å²) in [5.74, 6) is -1.29. The molecule has 104 valence electrons. The molecule has 0 saturated carbocycles. The predicted octanol–water partition coefficient (Wildman–Crippen LogP) is 1.58. The second-order valence-electron chi connectivity index (χ2n) is 3.22. The number of carbonyl (C=O) groups is 2. The van der Waals surface area contributed by atoms with E-state index in [0.29, 0.717) is 0 Å². The van der Waals surface area contributed by atoms with Gasteiger partial charge in [0.25, 0.3) is 0 Å². The fraction of sp³-hybridized carbons (Fsp3) is 0.800. The molecule has 0 bridgehead atoms. The third kappa shape index (κ3) is 6.64. The van der Waals surface area contributed by atoms with Gasteiger partial charge in [0.1, 0.15) is 0 Å². The van der Waals surface area contributed by atoms with Crippen LogP contribution in [-0.4, -0.2) is 37.4 Å². The molecule has 2 unspecified atom stereocenters. The zero-order chi connectivity index (χ0) is 14.1. The largest absolute Gasteiger partial charge is 0.699 e. The highest BCUT2D eigenvalue weighted by atomic mass is 31.1. The first-order chi connectivity index (χ1) is 8.42. The second kappa shape index (κ2) is 8.97. The maximum absolute atomic E-state index is 11.4. The monoisotopic (exact) mass is 281 g/mol. The van der Waals surface area contributed by atoms with Crippen molar-refractivity contribution in [1.29, 1.82) is 0 Å². The lowest BCUT2D eigenvalue weighted by molar-refractivity contribution is -0.152. The van der Waals surface area contributed by atoms with E-state index < -0.39 is 32.4 Å². The third-order valence-electron chi connectivity index (χ3n) is 1.73. The van der Waals surface area contributed by atoms with Gasteiger partial charge in [-0.3, -0.25) is 0 Å². The predicted molar refractivity (Wildman–Crippen MR) is 62.0 cm³/mol. The minimum Gasteiger partial charge on any atom is -0.464 e. The summed E-state index contributed by atoms with van der Waals surface area (Å²) in [7, 11) is -2.60. The van der Waals surface area contributed by atoms with Crippen molar-refractivity contribution in [2.45, 2.75) is 39.9 Å². The van der Waals surface area contributed by atoms with E-state index in [4.69, 9.17) is 9.05 Å². The van der Waals surface area contributed by atoms with Gasteiger partial charge in [-0.1, -0.05) is 0 Å². The molecular weight excluding hydrogens is 263 g/mol. The molecule has 0 aliphatic carbocycles. The number of hydrogen-bond acceptors (Lipinski definition) is 7. The minimum atomic E-state index is -2.60. The van der Waals surface area contributed by atoms with Gasteiger partial charge in [-0.05, 0) is 27.7 Å². The van der Waals surface area contributed by atoms with E-state index in [1.165, 1.54) is 13.8 Å². The number of ether oxygens (including phenoxy) is 2. The summed E-state index contributed by atoms with van der Waals surface area (Å²) >= 11 is 0. The fourth-order valence-electron chi connectivity index (χ4n) is 0.888. The zero-order valence-electron chi connectivity index (χ0n) is 10.9. The van der Waals surface area contributed by atoms with E-state index in [-0.39, 0.29) is 13.2 Å². The molecule has 0 spiro atoms. The Morgan fingerprint density at radius 2 is 1.28 bits per heavy atom. The van der Waals surface area contributed by atoms with E-state index in [1.807, 2.05) is 0 Å². The lowest BCUT2D eigenvalue weighted by atomic mass is 10.4. The van der Waals surface area contributed by atoms with Crippen LogP contribution in [0.4, 0.5) is 0 Å². The first-order valence-electron chi connectivity index (χ1n) is 5.56. The summed E-state index contributed by atoms with van der Waals surface area (Å²) in [6.45, 7) is 6.44. The fourth-order valence-corrected chi connectivity index (χ4v) is 1.63. The van der Waals surface area contributed by atoms with E-state index in [9.17, 15) is 14.2 Å². The number of rotatable bonds is 8. The van der Waals surface area contributed by atoms with Gasteiger partial charge in [-0.25, -0.2) is 9.59 Å². The van der Waals surface area contributed by atoms with Crippen molar-refractivity contribution in [2.24, 2.45) is 0 Å². The molecule has 8 heteroatoms. The Bertz CT molecular complexity index is 277. The van der Waals surface area contributed by atoms with Crippen LogP contribution in [0.2, 0.25) is 0 Å². The first kappa shape index (κ1) is 17.0. The lowest BCUT2D eigenvalue weighted by Crippen LogP contribution is -2.24. The van der Waals surface area contributed by atoms with Crippen molar-refractivity contribution < 1.29 is 32.7 Å². The average Bonchev–Trinajstić information content (AvgIpc) is 2.29. The number of carbonyl (C=O) groups excluding carboxylic acids is 2. The summed E-state index contributed by atoms with van der Waals surface area (Å²) in [6.07, 6.45) is -2.05. The second-order valence-corrected chi connectivity index (χ2v) is 4.09. The Labute approximate surface area is 107 Å². The van der Waals surface area contributed by atoms with Crippen LogP contribution in [0.15, 0.2) is 0 Å². The third-order valence-corrected chi connectivity index (χ3v) is 2.70. The Morgan fingerprint density at radius 1 is 0.944 bits per heavy atom. The molecule has 0 aromatic rings. The molecular formula is C10H18O7P+. The number of hydrogen-bond donors (Lipinski definition) is 0. The van der Waals surface area contributed by atoms with Crippen molar-refractivity contribution in [2.75, 3.05) is 13.2 Å². The zero-order valence-corrected chi connectivity index (χ0v) is 11.8. The van der Waals surface area contributed by atoms with Gasteiger partial charge in [0, 0.05) is 4.57 Å². The molecule has 0 aromatic heterocycles. The standard InChI is InChI=1S/C10H18O7P/c1-5-14-9(11)7(3)16-18(13)17-8(4)10(12)15-6-2/h7-8H,5-6H2,1-4H3/q+1. The molecule has 0 amide bonds. The molecule has 0 heterocycles. The molecule has 0 rings (SSSR count). The molecule has 0 fully saturated rings. The average molecular weight is 281 g/mol. The molecule has 2 atom stereocenters. The van der Waals surface area contributed by atoms with Crippen LogP contribution in [0.5, 0.6) is 0 Å². The van der Waals surface area contributed by atoms with Crippen LogP contribution in [0.3, 0.4) is 0 Å². The van der Waals surface area contributed by atoms with Gasteiger partial charge in [-0.2, -0.15) is 0 Å². The van der Waals surface area contributed by atoms with Gasteiger partial charge in [0.05, 0.1) is 13.2 Å². The van der Waals surface area contributed by atoms with Crippen LogP contribution >= 0.6 is 8.25 Å². The molecule has 0 aromatic carbocycles. The topological polar surface area (TPSA) is 88.1 Å². The van der Waals surface area contributed by atoms with Crippen molar-refractivity contribution in [3.63, 3.8) is 0 Å². The summed E-state index contributed by atoms with van der Waals surface area (Å²) in [5.41, 5.74) is 0. The minimum absolute atomic E-state index is 0.198. The van der Waals surface area contributed by atoms with Crippen LogP contribution < -0.4 is 0 Å². The molecule has 18 heavy (non-hydrogen) atoms. The van der Waals surface area contributed by atoms with Crippen LogP contribution in [0.1, 0.15) is 27.7 Å². The Balaban J connectivity index is 4.10. The van der Waals surface area contributed by atoms with Crippen LogP contribution in [-0.2, 0) is 32.7 Å². The van der Waals surface area contributed by atoms with Gasteiger partial charge in [-0.15, -0.1) is 9.05 Å². The van der Waals surface area contributed by atoms with Crippen molar-refractivity contribution >= 4 is 20.2 Å². The summed E-state index contributed by atoms with van der Waals surface area (Å²) in [5, 5.41) is 0. The smallest absolute Gasteiger partial charge is 0.464 e. The molecule has 0 N–H and O–H groups in total. The molecule has 0 saturated heterocycles. The van der Waals surface area contributed by atoms with Gasteiger partial charge in [0.2, 0.25) is 12.2 Å². The maximum Gasteiger partial charge on any atom is 0.699 e. The van der Waals surface area contributed by atoms with Gasteiger partial charge < -0.3 is 9.47 Å². The highest BCUT2D eigenvalue weighted by molar-refractivity contribution is 7.33. The number of esters is 2. The van der Waals surface area contributed by atoms with Crippen LogP contribution in [0.25, 0.3) is 0 Å². The van der Waals surface area contributed by atoms with E-state index in [1.54, 1.807) is 13.8 Å². The quantitative estimate of drug-likeness (QED) is 0.493. The van der Waals surface area contributed by atoms with Gasteiger partial charge >= 0.3 is 20.2 Å². The normalized spacial score (nSPS) is 14.6. The van der Waals surface area contributed by atoms with Crippen molar-refractivity contribution in [3.05, 3.63) is 0 Å². The highest BCUT2D eigenvalue weighted by Crippen LogP contribution is 2.28. The Hall–Kier alpha value is -1.04. The molecule has 7 nitrogen and oxygen atoms in total. The Morgan fingerprint density at radius 3 is 1.56 bits per heavy atom. The van der Waals surface area contributed by atoms with Crippen molar-refractivity contribution in [3.8, 4) is 0 Å². The van der Waals surface area contributed by atoms with E-state index >= 15 is 0 Å². The molecule has 0 aliphatic rings. The molecule has 0 aliphatic heterocycles. The first-order valence-corrected chi connectivity index (χ1v) is 6.65. The van der Waals surface area contributed by atoms with Crippen molar-refractivity contribution in [1.82, 2.24) is 0 Å². The van der Waals surface area contributed by atoms with E-state index in [2.05, 4.69) is 9.47 Å². The summed E-state index contributed by atoms with van der Waals surface area (Å²) in [6, 6.07) is 0. The Kier molecular flexibility index (Phi) is 8.45. The van der Waals surface area contributed by atoms with E-state index in [0.717, 1.165) is 0 Å². The SMILES string of the molecule is CCOC(=O)C(C)O[P+](=O)OC(C)C(=O)OCC. The highest BCUT2D eigenvalue weighted by Gasteiger charge is 2.35. The summed E-state index contributed by atoms with van der Waals surface area (Å²) in [4.78, 5) is 22.4. The molecule has 0 radical (unpaired) electrons. The summed E-state index contributed by atoms with van der Waals surface area (Å²) < 4.78 is 30.2. The van der Waals surface area contributed by atoms with Crippen LogP contribution in [0, 0.1) is 0 Å². The lowest BCUT2D eigenvalue weighted by Gasteiger charge is -2.05.